The van der Waals surface area contributed by atoms with E-state index in [1.807, 2.05) is 26.2 Å². The third kappa shape index (κ3) is 5.81. The van der Waals surface area contributed by atoms with Gasteiger partial charge in [-0.2, -0.15) is 0 Å². The van der Waals surface area contributed by atoms with E-state index in [4.69, 9.17) is 14.2 Å². The Kier molecular flexibility index (Phi) is 7.93. The Morgan fingerprint density at radius 1 is 1.10 bits per heavy atom. The van der Waals surface area contributed by atoms with Crippen LogP contribution in [0.3, 0.4) is 0 Å². The van der Waals surface area contributed by atoms with Gasteiger partial charge in [-0.05, 0) is 44.8 Å². The van der Waals surface area contributed by atoms with E-state index in [0.717, 1.165) is 31.6 Å². The maximum absolute atomic E-state index is 5.83. The zero-order valence-corrected chi connectivity index (χ0v) is 13.9. The van der Waals surface area contributed by atoms with Gasteiger partial charge in [-0.1, -0.05) is 6.92 Å². The van der Waals surface area contributed by atoms with Crippen molar-refractivity contribution in [1.82, 2.24) is 10.2 Å². The lowest BCUT2D eigenvalue weighted by molar-refractivity contribution is 0.239. The second-order valence-electron chi connectivity index (χ2n) is 5.16. The minimum Gasteiger partial charge on any atom is -0.493 e. The number of methoxy groups -OCH3 is 2. The van der Waals surface area contributed by atoms with Crippen LogP contribution in [0, 0.1) is 0 Å². The van der Waals surface area contributed by atoms with Crippen LogP contribution in [-0.2, 0) is 6.54 Å². The molecule has 5 nitrogen and oxygen atoms in total. The first-order valence-corrected chi connectivity index (χ1v) is 7.35. The number of likely N-dealkylation sites (N-methyl/N-ethyl adjacent to an activating group) is 1. The molecule has 0 aliphatic carbocycles. The fourth-order valence-electron chi connectivity index (χ4n) is 1.92. The molecule has 0 aliphatic rings. The third-order valence-corrected chi connectivity index (χ3v) is 3.06. The molecule has 0 bridgehead atoms. The van der Waals surface area contributed by atoms with Crippen molar-refractivity contribution in [1.29, 1.82) is 0 Å². The van der Waals surface area contributed by atoms with Gasteiger partial charge in [0.05, 0.1) is 14.2 Å². The van der Waals surface area contributed by atoms with Crippen LogP contribution in [0.4, 0.5) is 0 Å². The predicted octanol–water partition coefficient (Wildman–Crippen LogP) is 2.14. The Labute approximate surface area is 128 Å². The second kappa shape index (κ2) is 9.47. The van der Waals surface area contributed by atoms with Crippen LogP contribution < -0.4 is 19.5 Å². The van der Waals surface area contributed by atoms with Crippen LogP contribution in [0.2, 0.25) is 0 Å². The van der Waals surface area contributed by atoms with Gasteiger partial charge in [-0.25, -0.2) is 0 Å². The monoisotopic (exact) mass is 296 g/mol. The third-order valence-electron chi connectivity index (χ3n) is 3.06. The number of ether oxygens (including phenoxy) is 3. The standard InChI is InChI=1S/C16H28N2O3/c1-6-7-17-12-13-10-14(19-4)16(15(11-13)20-5)21-9-8-18(2)3/h10-11,17H,6-9,12H2,1-5H3. The van der Waals surface area contributed by atoms with Gasteiger partial charge in [0.2, 0.25) is 5.75 Å². The summed E-state index contributed by atoms with van der Waals surface area (Å²) >= 11 is 0. The number of hydrogen-bond donors (Lipinski definition) is 1. The SMILES string of the molecule is CCCNCc1cc(OC)c(OCCN(C)C)c(OC)c1. The molecule has 0 aliphatic heterocycles. The van der Waals surface area contributed by atoms with E-state index in [0.29, 0.717) is 23.9 Å². The largest absolute Gasteiger partial charge is 0.493 e. The Bertz CT molecular complexity index is 397. The molecule has 1 aromatic rings. The van der Waals surface area contributed by atoms with Gasteiger partial charge in [0.1, 0.15) is 6.61 Å². The zero-order valence-electron chi connectivity index (χ0n) is 13.9. The van der Waals surface area contributed by atoms with Crippen molar-refractivity contribution in [3.05, 3.63) is 17.7 Å². The van der Waals surface area contributed by atoms with Crippen molar-refractivity contribution in [2.75, 3.05) is 48.0 Å². The highest BCUT2D eigenvalue weighted by Gasteiger charge is 2.14. The minimum absolute atomic E-state index is 0.590. The summed E-state index contributed by atoms with van der Waals surface area (Å²) in [6, 6.07) is 3.99. The van der Waals surface area contributed by atoms with E-state index in [-0.39, 0.29) is 0 Å². The van der Waals surface area contributed by atoms with Crippen LogP contribution in [0.5, 0.6) is 17.2 Å². The van der Waals surface area contributed by atoms with Crippen molar-refractivity contribution in [2.24, 2.45) is 0 Å². The van der Waals surface area contributed by atoms with E-state index in [9.17, 15) is 0 Å². The maximum Gasteiger partial charge on any atom is 0.203 e. The number of rotatable bonds is 10. The van der Waals surface area contributed by atoms with Crippen molar-refractivity contribution in [3.63, 3.8) is 0 Å². The molecule has 0 unspecified atom stereocenters. The smallest absolute Gasteiger partial charge is 0.203 e. The van der Waals surface area contributed by atoms with E-state index in [2.05, 4.69) is 17.1 Å². The molecule has 0 radical (unpaired) electrons. The molecular weight excluding hydrogens is 268 g/mol. The molecule has 1 rings (SSSR count). The topological polar surface area (TPSA) is 43.0 Å². The molecule has 0 saturated heterocycles. The first-order chi connectivity index (χ1) is 10.1. The van der Waals surface area contributed by atoms with Gasteiger partial charge in [-0.15, -0.1) is 0 Å². The van der Waals surface area contributed by atoms with Crippen LogP contribution in [0.1, 0.15) is 18.9 Å². The Morgan fingerprint density at radius 3 is 2.19 bits per heavy atom. The van der Waals surface area contributed by atoms with Crippen LogP contribution >= 0.6 is 0 Å². The molecule has 0 spiro atoms. The lowest BCUT2D eigenvalue weighted by Crippen LogP contribution is -2.20. The molecule has 0 aromatic heterocycles. The Balaban J connectivity index is 2.85. The summed E-state index contributed by atoms with van der Waals surface area (Å²) in [5.74, 6) is 2.09. The van der Waals surface area contributed by atoms with Crippen molar-refractivity contribution in [2.45, 2.75) is 19.9 Å². The van der Waals surface area contributed by atoms with E-state index >= 15 is 0 Å². The highest BCUT2D eigenvalue weighted by molar-refractivity contribution is 5.53. The lowest BCUT2D eigenvalue weighted by Gasteiger charge is -2.17. The molecule has 120 valence electrons. The molecule has 0 atom stereocenters. The number of nitrogens with zero attached hydrogens (tertiary/aromatic N) is 1. The first-order valence-electron chi connectivity index (χ1n) is 7.35. The molecule has 1 N–H and O–H groups in total. The average molecular weight is 296 g/mol. The van der Waals surface area contributed by atoms with Crippen LogP contribution in [-0.4, -0.2) is 52.9 Å². The zero-order chi connectivity index (χ0) is 15.7. The van der Waals surface area contributed by atoms with E-state index < -0.39 is 0 Å². The second-order valence-corrected chi connectivity index (χ2v) is 5.16. The van der Waals surface area contributed by atoms with Gasteiger partial charge in [0.15, 0.2) is 11.5 Å². The molecule has 21 heavy (non-hydrogen) atoms. The number of nitrogens with one attached hydrogen (secondary N) is 1. The highest BCUT2D eigenvalue weighted by Crippen LogP contribution is 2.38. The minimum atomic E-state index is 0.590. The van der Waals surface area contributed by atoms with Gasteiger partial charge < -0.3 is 24.4 Å². The van der Waals surface area contributed by atoms with Gasteiger partial charge >= 0.3 is 0 Å². The van der Waals surface area contributed by atoms with Crippen molar-refractivity contribution in [3.8, 4) is 17.2 Å². The molecule has 0 fully saturated rings. The van der Waals surface area contributed by atoms with Gasteiger partial charge in [0.25, 0.3) is 0 Å². The summed E-state index contributed by atoms with van der Waals surface area (Å²) < 4.78 is 16.7. The normalized spacial score (nSPS) is 10.8. The average Bonchev–Trinajstić information content (AvgIpc) is 2.47. The summed E-state index contributed by atoms with van der Waals surface area (Å²) in [4.78, 5) is 2.07. The summed E-state index contributed by atoms with van der Waals surface area (Å²) in [5.41, 5.74) is 1.12. The number of benzene rings is 1. The van der Waals surface area contributed by atoms with Crippen LogP contribution in [0.25, 0.3) is 0 Å². The molecule has 0 amide bonds. The first kappa shape index (κ1) is 17.6. The van der Waals surface area contributed by atoms with Crippen molar-refractivity contribution < 1.29 is 14.2 Å². The van der Waals surface area contributed by atoms with E-state index in [1.54, 1.807) is 14.2 Å². The fraction of sp³-hybridized carbons (Fsp3) is 0.625. The van der Waals surface area contributed by atoms with Gasteiger partial charge in [-0.3, -0.25) is 0 Å². The molecule has 0 saturated carbocycles. The summed E-state index contributed by atoms with van der Waals surface area (Å²) in [6.45, 7) is 5.36. The molecule has 5 heteroatoms. The Morgan fingerprint density at radius 2 is 1.71 bits per heavy atom. The summed E-state index contributed by atoms with van der Waals surface area (Å²) in [5, 5.41) is 3.37. The van der Waals surface area contributed by atoms with Gasteiger partial charge in [0, 0.05) is 13.1 Å². The Hall–Kier alpha value is -1.46. The number of hydrogen-bond acceptors (Lipinski definition) is 5. The highest BCUT2D eigenvalue weighted by atomic mass is 16.5. The predicted molar refractivity (Wildman–Crippen MR) is 85.6 cm³/mol. The van der Waals surface area contributed by atoms with E-state index in [1.165, 1.54) is 0 Å². The summed E-state index contributed by atoms with van der Waals surface area (Å²) in [6.07, 6.45) is 1.11. The fourth-order valence-corrected chi connectivity index (χ4v) is 1.92. The molecule has 0 heterocycles. The lowest BCUT2D eigenvalue weighted by atomic mass is 10.1. The van der Waals surface area contributed by atoms with Crippen molar-refractivity contribution >= 4 is 0 Å². The molecule has 1 aromatic carbocycles. The maximum atomic E-state index is 5.83. The quantitative estimate of drug-likeness (QED) is 0.670. The summed E-state index contributed by atoms with van der Waals surface area (Å²) in [7, 11) is 7.33. The van der Waals surface area contributed by atoms with Crippen LogP contribution in [0.15, 0.2) is 12.1 Å². The molecular formula is C16H28N2O3.